The molecule has 10 heteroatoms. The van der Waals surface area contributed by atoms with E-state index in [0.29, 0.717) is 33.4 Å². The van der Waals surface area contributed by atoms with Crippen LogP contribution in [0.5, 0.6) is 0 Å². The van der Waals surface area contributed by atoms with Crippen LogP contribution in [0.15, 0.2) is 12.3 Å². The number of anilines is 1. The third-order valence-corrected chi connectivity index (χ3v) is 11.1. The molecule has 4 atom stereocenters. The average molecular weight is 558 g/mol. The lowest BCUT2D eigenvalue weighted by molar-refractivity contribution is -0.140. The van der Waals surface area contributed by atoms with Crippen molar-refractivity contribution in [3.63, 3.8) is 0 Å². The molecule has 6 aliphatic rings. The van der Waals surface area contributed by atoms with Gasteiger partial charge in [-0.15, -0.1) is 11.3 Å². The minimum atomic E-state index is -4.28. The zero-order valence-corrected chi connectivity index (χ0v) is 22.8. The molecule has 0 aromatic carbocycles. The van der Waals surface area contributed by atoms with E-state index in [4.69, 9.17) is 0 Å². The second-order valence-electron chi connectivity index (χ2n) is 12.8. The number of aromatic nitrogens is 1. The number of likely N-dealkylation sites (tertiary alicyclic amines) is 1. The number of nitriles is 1. The number of fused-ring (bicyclic) bond motifs is 4. The molecule has 6 fully saturated rings. The van der Waals surface area contributed by atoms with Crippen LogP contribution in [0.1, 0.15) is 61.8 Å². The molecule has 1 amide bonds. The molecule has 2 saturated carbocycles. The summed E-state index contributed by atoms with van der Waals surface area (Å²) in [6.45, 7) is 3.00. The summed E-state index contributed by atoms with van der Waals surface area (Å²) in [4.78, 5) is 22.8. The first-order valence-corrected chi connectivity index (χ1v) is 15.2. The molecule has 6 heterocycles. The third kappa shape index (κ3) is 4.80. The fourth-order valence-corrected chi connectivity index (χ4v) is 8.91. The van der Waals surface area contributed by atoms with Crippen molar-refractivity contribution in [1.82, 2.24) is 15.2 Å². The summed E-state index contributed by atoms with van der Waals surface area (Å²) in [5, 5.41) is 14.1. The van der Waals surface area contributed by atoms with E-state index < -0.39 is 12.6 Å². The molecule has 8 rings (SSSR count). The van der Waals surface area contributed by atoms with Gasteiger partial charge in [0.15, 0.2) is 0 Å². The number of nitrogens with zero attached hydrogens (tertiary/aromatic N) is 4. The molecule has 0 unspecified atom stereocenters. The Morgan fingerprint density at radius 2 is 1.97 bits per heavy atom. The zero-order valence-electron chi connectivity index (χ0n) is 22.0. The molecular formula is C29H34F3N5OS. The predicted molar refractivity (Wildman–Crippen MR) is 143 cm³/mol. The number of halogens is 3. The highest BCUT2D eigenvalue weighted by Gasteiger charge is 2.50. The van der Waals surface area contributed by atoms with Crippen molar-refractivity contribution in [2.24, 2.45) is 23.2 Å². The standard InChI is InChI=1S/C29H34F3N5OS/c30-29(31,32)12-21-11-22-25(20(13-33)14-34-26(22)39-21)37-15-28(16-37)5-7-36(8-6-28)27(38)24-18-3-4-23(35-24)19(10-18)9-17-1-2-17/h11,14,17-19,23-24,35H,1-10,12,15-16H2/t18-,19+,23+,24+/m1/s1. The second-order valence-corrected chi connectivity index (χ2v) is 13.9. The first-order valence-electron chi connectivity index (χ1n) is 14.4. The summed E-state index contributed by atoms with van der Waals surface area (Å²) in [5.41, 5.74) is 1.19. The molecule has 2 aliphatic carbocycles. The summed E-state index contributed by atoms with van der Waals surface area (Å²) in [7, 11) is 0. The predicted octanol–water partition coefficient (Wildman–Crippen LogP) is 5.26. The topological polar surface area (TPSA) is 72.3 Å². The number of rotatable bonds is 5. The number of carbonyl (C=O) groups is 1. The monoisotopic (exact) mass is 557 g/mol. The highest BCUT2D eigenvalue weighted by atomic mass is 32.1. The molecule has 6 nitrogen and oxygen atoms in total. The molecule has 4 saturated heterocycles. The first kappa shape index (κ1) is 25.6. The van der Waals surface area contributed by atoms with Gasteiger partial charge in [-0.25, -0.2) is 4.98 Å². The van der Waals surface area contributed by atoms with Gasteiger partial charge in [-0.05, 0) is 62.3 Å². The van der Waals surface area contributed by atoms with Crippen molar-refractivity contribution in [1.29, 1.82) is 5.26 Å². The number of nitrogens with one attached hydrogen (secondary N) is 1. The number of amides is 1. The molecule has 4 aliphatic heterocycles. The highest BCUT2D eigenvalue weighted by molar-refractivity contribution is 7.18. The summed E-state index contributed by atoms with van der Waals surface area (Å²) in [6, 6.07) is 4.22. The van der Waals surface area contributed by atoms with Crippen LogP contribution >= 0.6 is 11.3 Å². The van der Waals surface area contributed by atoms with Gasteiger partial charge in [0.2, 0.25) is 5.91 Å². The molecule has 1 spiro atoms. The van der Waals surface area contributed by atoms with Crippen molar-refractivity contribution in [3.8, 4) is 6.07 Å². The van der Waals surface area contributed by atoms with Gasteiger partial charge in [0, 0.05) is 54.1 Å². The van der Waals surface area contributed by atoms with E-state index in [1.54, 1.807) is 6.07 Å². The van der Waals surface area contributed by atoms with Gasteiger partial charge >= 0.3 is 6.18 Å². The maximum atomic E-state index is 13.5. The van der Waals surface area contributed by atoms with Crippen LogP contribution < -0.4 is 10.2 Å². The van der Waals surface area contributed by atoms with E-state index >= 15 is 0 Å². The van der Waals surface area contributed by atoms with Crippen molar-refractivity contribution in [2.75, 3.05) is 31.1 Å². The molecule has 2 aromatic heterocycles. The summed E-state index contributed by atoms with van der Waals surface area (Å²) in [5.74, 6) is 2.42. The fourth-order valence-electron chi connectivity index (χ4n) is 7.87. The van der Waals surface area contributed by atoms with Crippen LogP contribution in [-0.4, -0.2) is 60.2 Å². The number of alkyl halides is 3. The van der Waals surface area contributed by atoms with Crippen LogP contribution in [0.2, 0.25) is 0 Å². The quantitative estimate of drug-likeness (QED) is 0.543. The minimum absolute atomic E-state index is 0.0288. The Labute approximate surface area is 230 Å². The number of piperidine rings is 3. The first-order chi connectivity index (χ1) is 18.7. The van der Waals surface area contributed by atoms with Crippen molar-refractivity contribution >= 4 is 33.1 Å². The molecule has 2 bridgehead atoms. The van der Waals surface area contributed by atoms with E-state index in [0.717, 1.165) is 68.6 Å². The van der Waals surface area contributed by atoms with Gasteiger partial charge < -0.3 is 15.1 Å². The Morgan fingerprint density at radius 1 is 1.21 bits per heavy atom. The van der Waals surface area contributed by atoms with E-state index in [2.05, 4.69) is 26.2 Å². The molecule has 208 valence electrons. The smallest absolute Gasteiger partial charge is 0.369 e. The van der Waals surface area contributed by atoms with Gasteiger partial charge in [-0.3, -0.25) is 4.79 Å². The van der Waals surface area contributed by atoms with Crippen LogP contribution in [0.4, 0.5) is 18.9 Å². The zero-order chi connectivity index (χ0) is 26.9. The normalized spacial score (nSPS) is 30.0. The number of hydrogen-bond acceptors (Lipinski definition) is 6. The molecule has 2 aromatic rings. The molecule has 1 N–H and O–H groups in total. The summed E-state index contributed by atoms with van der Waals surface area (Å²) < 4.78 is 39.0. The third-order valence-electron chi connectivity index (χ3n) is 10.1. The summed E-state index contributed by atoms with van der Waals surface area (Å²) in [6.07, 6.45) is 5.74. The largest absolute Gasteiger partial charge is 0.393 e. The van der Waals surface area contributed by atoms with Crippen LogP contribution in [-0.2, 0) is 11.2 Å². The molecular weight excluding hydrogens is 523 g/mol. The molecule has 0 radical (unpaired) electrons. The maximum Gasteiger partial charge on any atom is 0.393 e. The Morgan fingerprint density at radius 3 is 2.62 bits per heavy atom. The lowest BCUT2D eigenvalue weighted by Gasteiger charge is -2.56. The van der Waals surface area contributed by atoms with Gasteiger partial charge in [0.25, 0.3) is 0 Å². The number of thiophene rings is 1. The second kappa shape index (κ2) is 9.34. The fraction of sp³-hybridized carbons (Fsp3) is 0.690. The van der Waals surface area contributed by atoms with Crippen molar-refractivity contribution < 1.29 is 18.0 Å². The van der Waals surface area contributed by atoms with Gasteiger partial charge in [-0.1, -0.05) is 12.8 Å². The van der Waals surface area contributed by atoms with Crippen LogP contribution in [0.25, 0.3) is 10.2 Å². The Balaban J connectivity index is 0.992. The number of hydrogen-bond donors (Lipinski definition) is 1. The lowest BCUT2D eigenvalue weighted by Crippen LogP contribution is -2.65. The average Bonchev–Trinajstić information content (AvgIpc) is 3.62. The Kier molecular flexibility index (Phi) is 6.12. The van der Waals surface area contributed by atoms with Gasteiger partial charge in [0.1, 0.15) is 10.9 Å². The number of carbonyl (C=O) groups excluding carboxylic acids is 1. The van der Waals surface area contributed by atoms with E-state index in [1.807, 2.05) is 0 Å². The van der Waals surface area contributed by atoms with Crippen LogP contribution in [0, 0.1) is 34.5 Å². The SMILES string of the molecule is N#Cc1cnc2sc(CC(F)(F)F)cc2c1N1CC2(CCN(C(=O)[C@H]3N[C@H]4CC[C@@H]3C[C@@H]4CC3CC3)CC2)C1. The van der Waals surface area contributed by atoms with Crippen LogP contribution in [0.3, 0.4) is 0 Å². The van der Waals surface area contributed by atoms with Gasteiger partial charge in [0.05, 0.1) is 23.7 Å². The maximum absolute atomic E-state index is 13.5. The van der Waals surface area contributed by atoms with E-state index in [1.165, 1.54) is 38.3 Å². The highest BCUT2D eigenvalue weighted by Crippen LogP contribution is 2.48. The van der Waals surface area contributed by atoms with Crippen molar-refractivity contribution in [2.45, 2.75) is 76.0 Å². The number of pyridine rings is 1. The van der Waals surface area contributed by atoms with E-state index in [-0.39, 0.29) is 22.2 Å². The van der Waals surface area contributed by atoms with E-state index in [9.17, 15) is 23.2 Å². The Hall–Kier alpha value is -2.38. The summed E-state index contributed by atoms with van der Waals surface area (Å²) >= 11 is 1.05. The minimum Gasteiger partial charge on any atom is -0.369 e. The lowest BCUT2D eigenvalue weighted by atomic mass is 9.68. The molecule has 39 heavy (non-hydrogen) atoms. The van der Waals surface area contributed by atoms with Gasteiger partial charge in [-0.2, -0.15) is 18.4 Å². The Bertz CT molecular complexity index is 1310. The van der Waals surface area contributed by atoms with Crippen molar-refractivity contribution in [3.05, 3.63) is 22.7 Å².